The van der Waals surface area contributed by atoms with Gasteiger partial charge in [0, 0.05) is 0 Å². The van der Waals surface area contributed by atoms with Gasteiger partial charge in [-0.15, -0.1) is 10.2 Å². The van der Waals surface area contributed by atoms with Gasteiger partial charge in [-0.1, -0.05) is 31.3 Å². The maximum atomic E-state index is 11.7. The zero-order valence-corrected chi connectivity index (χ0v) is 13.5. The Balaban J connectivity index is 1.92. The largest absolute Gasteiger partial charge is 0.483 e. The van der Waals surface area contributed by atoms with E-state index in [9.17, 15) is 4.79 Å². The van der Waals surface area contributed by atoms with E-state index in [0.717, 1.165) is 4.47 Å². The minimum Gasteiger partial charge on any atom is -0.483 e. The number of carbonyl (C=O) groups excluding carboxylic acids is 1. The molecule has 1 amide bonds. The first kappa shape index (κ1) is 14.9. The third-order valence-electron chi connectivity index (χ3n) is 2.59. The lowest BCUT2D eigenvalue weighted by Gasteiger charge is -2.11. The van der Waals surface area contributed by atoms with Gasteiger partial charge in [0.2, 0.25) is 5.13 Å². The van der Waals surface area contributed by atoms with Crippen LogP contribution in [0.2, 0.25) is 0 Å². The summed E-state index contributed by atoms with van der Waals surface area (Å²) in [4.78, 5) is 11.7. The Kier molecular flexibility index (Phi) is 5.08. The number of anilines is 1. The van der Waals surface area contributed by atoms with E-state index in [1.54, 1.807) is 5.51 Å². The molecule has 0 aliphatic heterocycles. The standard InChI is InChI=1S/C13H14BrN3O2S/c1-8(2)9-3-4-11(10(14)5-9)19-6-12(18)16-13-17-15-7-20-13/h3-5,7-8H,6H2,1-2H3,(H,16,17,18). The molecule has 0 aliphatic rings. The molecule has 2 rings (SSSR count). The summed E-state index contributed by atoms with van der Waals surface area (Å²) in [6, 6.07) is 5.85. The highest BCUT2D eigenvalue weighted by atomic mass is 79.9. The van der Waals surface area contributed by atoms with Crippen LogP contribution in [0, 0.1) is 0 Å². The van der Waals surface area contributed by atoms with E-state index in [-0.39, 0.29) is 12.5 Å². The number of ether oxygens (including phenoxy) is 1. The van der Waals surface area contributed by atoms with Crippen molar-refractivity contribution >= 4 is 38.3 Å². The highest BCUT2D eigenvalue weighted by molar-refractivity contribution is 9.10. The second-order valence-electron chi connectivity index (χ2n) is 4.43. The first-order chi connectivity index (χ1) is 9.56. The van der Waals surface area contributed by atoms with Crippen LogP contribution in [0.15, 0.2) is 28.2 Å². The second-order valence-corrected chi connectivity index (χ2v) is 6.11. The fraction of sp³-hybridized carbons (Fsp3) is 0.308. The van der Waals surface area contributed by atoms with Crippen LogP contribution in [0.1, 0.15) is 25.3 Å². The second kappa shape index (κ2) is 6.81. The van der Waals surface area contributed by atoms with Crippen molar-refractivity contribution in [3.63, 3.8) is 0 Å². The molecule has 0 radical (unpaired) electrons. The summed E-state index contributed by atoms with van der Waals surface area (Å²) in [5.41, 5.74) is 2.76. The predicted octanol–water partition coefficient (Wildman–Crippen LogP) is 3.44. The minimum atomic E-state index is -0.262. The van der Waals surface area contributed by atoms with Crippen LogP contribution in [0.4, 0.5) is 5.13 Å². The van der Waals surface area contributed by atoms with Crippen molar-refractivity contribution in [1.82, 2.24) is 10.2 Å². The van der Waals surface area contributed by atoms with Crippen molar-refractivity contribution in [3.8, 4) is 5.75 Å². The lowest BCUT2D eigenvalue weighted by Crippen LogP contribution is -2.20. The maximum absolute atomic E-state index is 11.7. The van der Waals surface area contributed by atoms with E-state index in [0.29, 0.717) is 16.8 Å². The minimum absolute atomic E-state index is 0.0702. The van der Waals surface area contributed by atoms with E-state index in [1.807, 2.05) is 18.2 Å². The highest BCUT2D eigenvalue weighted by Gasteiger charge is 2.09. The van der Waals surface area contributed by atoms with Gasteiger partial charge in [-0.05, 0) is 39.5 Å². The Morgan fingerprint density at radius 1 is 1.50 bits per heavy atom. The molecule has 106 valence electrons. The van der Waals surface area contributed by atoms with Gasteiger partial charge >= 0.3 is 0 Å². The molecule has 0 spiro atoms. The summed E-state index contributed by atoms with van der Waals surface area (Å²) in [6.07, 6.45) is 0. The lowest BCUT2D eigenvalue weighted by molar-refractivity contribution is -0.118. The van der Waals surface area contributed by atoms with Crippen molar-refractivity contribution in [3.05, 3.63) is 33.7 Å². The number of hydrogen-bond donors (Lipinski definition) is 1. The van der Waals surface area contributed by atoms with Crippen LogP contribution in [0.3, 0.4) is 0 Å². The first-order valence-electron chi connectivity index (χ1n) is 6.04. The van der Waals surface area contributed by atoms with Crippen molar-refractivity contribution in [2.75, 3.05) is 11.9 Å². The molecular formula is C13H14BrN3O2S. The van der Waals surface area contributed by atoms with Gasteiger partial charge in [0.15, 0.2) is 6.61 Å². The fourth-order valence-corrected chi connectivity index (χ4v) is 2.49. The molecule has 1 N–H and O–H groups in total. The molecule has 0 atom stereocenters. The molecule has 0 fully saturated rings. The quantitative estimate of drug-likeness (QED) is 0.891. The van der Waals surface area contributed by atoms with Crippen LogP contribution in [0.25, 0.3) is 0 Å². The van der Waals surface area contributed by atoms with E-state index < -0.39 is 0 Å². The molecule has 2 aromatic rings. The number of halogens is 1. The van der Waals surface area contributed by atoms with Crippen molar-refractivity contribution in [2.45, 2.75) is 19.8 Å². The molecule has 20 heavy (non-hydrogen) atoms. The monoisotopic (exact) mass is 355 g/mol. The number of hydrogen-bond acceptors (Lipinski definition) is 5. The van der Waals surface area contributed by atoms with Crippen LogP contribution in [0.5, 0.6) is 5.75 Å². The SMILES string of the molecule is CC(C)c1ccc(OCC(=O)Nc2nncs2)c(Br)c1. The van der Waals surface area contributed by atoms with Crippen LogP contribution >= 0.6 is 27.3 Å². The topological polar surface area (TPSA) is 64.1 Å². The third kappa shape index (κ3) is 4.01. The average Bonchev–Trinajstić information content (AvgIpc) is 2.90. The fourth-order valence-electron chi connectivity index (χ4n) is 1.52. The summed E-state index contributed by atoms with van der Waals surface area (Å²) < 4.78 is 6.32. The first-order valence-corrected chi connectivity index (χ1v) is 7.72. The molecule has 1 aromatic carbocycles. The maximum Gasteiger partial charge on any atom is 0.264 e. The molecule has 0 aliphatic carbocycles. The molecule has 0 unspecified atom stereocenters. The Hall–Kier alpha value is -1.47. The number of benzene rings is 1. The zero-order chi connectivity index (χ0) is 14.5. The van der Waals surface area contributed by atoms with Crippen molar-refractivity contribution in [2.24, 2.45) is 0 Å². The Labute approximate surface area is 129 Å². The van der Waals surface area contributed by atoms with E-state index in [4.69, 9.17) is 4.74 Å². The van der Waals surface area contributed by atoms with Gasteiger partial charge in [-0.25, -0.2) is 0 Å². The van der Waals surface area contributed by atoms with Crippen molar-refractivity contribution in [1.29, 1.82) is 0 Å². The van der Waals surface area contributed by atoms with Gasteiger partial charge in [0.05, 0.1) is 4.47 Å². The molecule has 1 heterocycles. The number of amides is 1. The van der Waals surface area contributed by atoms with Crippen LogP contribution < -0.4 is 10.1 Å². The zero-order valence-electron chi connectivity index (χ0n) is 11.1. The summed E-state index contributed by atoms with van der Waals surface area (Å²) in [6.45, 7) is 4.18. The van der Waals surface area contributed by atoms with Gasteiger partial charge in [-0.2, -0.15) is 0 Å². The van der Waals surface area contributed by atoms with Gasteiger partial charge in [0.25, 0.3) is 5.91 Å². The van der Waals surface area contributed by atoms with E-state index >= 15 is 0 Å². The van der Waals surface area contributed by atoms with Gasteiger partial charge in [-0.3, -0.25) is 10.1 Å². The number of nitrogens with zero attached hydrogens (tertiary/aromatic N) is 2. The van der Waals surface area contributed by atoms with Gasteiger partial charge < -0.3 is 4.74 Å². The van der Waals surface area contributed by atoms with Crippen molar-refractivity contribution < 1.29 is 9.53 Å². The molecule has 5 nitrogen and oxygen atoms in total. The molecular weight excluding hydrogens is 342 g/mol. The average molecular weight is 356 g/mol. The number of rotatable bonds is 5. The molecule has 1 aromatic heterocycles. The smallest absolute Gasteiger partial charge is 0.264 e. The summed E-state index contributed by atoms with van der Waals surface area (Å²) in [7, 11) is 0. The van der Waals surface area contributed by atoms with E-state index in [1.165, 1.54) is 16.9 Å². The summed E-state index contributed by atoms with van der Waals surface area (Å²) in [5.74, 6) is 0.824. The molecule has 0 saturated heterocycles. The van der Waals surface area contributed by atoms with Crippen LogP contribution in [-0.4, -0.2) is 22.7 Å². The predicted molar refractivity (Wildman–Crippen MR) is 82.3 cm³/mol. The number of carbonyl (C=O) groups is 1. The Morgan fingerprint density at radius 3 is 2.90 bits per heavy atom. The summed E-state index contributed by atoms with van der Waals surface area (Å²) in [5, 5.41) is 10.4. The Morgan fingerprint density at radius 2 is 2.30 bits per heavy atom. The number of aromatic nitrogens is 2. The highest BCUT2D eigenvalue weighted by Crippen LogP contribution is 2.28. The van der Waals surface area contributed by atoms with Crippen LogP contribution in [-0.2, 0) is 4.79 Å². The molecule has 0 saturated carbocycles. The van der Waals surface area contributed by atoms with Gasteiger partial charge in [0.1, 0.15) is 11.3 Å². The molecule has 0 bridgehead atoms. The van der Waals surface area contributed by atoms with E-state index in [2.05, 4.69) is 45.3 Å². The Bertz CT molecular complexity index is 587. The number of nitrogens with one attached hydrogen (secondary N) is 1. The molecule has 7 heteroatoms. The third-order valence-corrected chi connectivity index (χ3v) is 3.81. The summed E-state index contributed by atoms with van der Waals surface area (Å²) >= 11 is 4.71. The lowest BCUT2D eigenvalue weighted by atomic mass is 10.0. The normalized spacial score (nSPS) is 10.6.